The van der Waals surface area contributed by atoms with Gasteiger partial charge in [0, 0.05) is 23.6 Å². The van der Waals surface area contributed by atoms with Gasteiger partial charge in [-0.3, -0.25) is 4.79 Å². The molecule has 162 valence electrons. The van der Waals surface area contributed by atoms with Crippen molar-refractivity contribution < 1.29 is 24.2 Å². The van der Waals surface area contributed by atoms with Crippen LogP contribution in [0.4, 0.5) is 0 Å². The highest BCUT2D eigenvalue weighted by molar-refractivity contribution is 6.36. The van der Waals surface area contributed by atoms with Crippen molar-refractivity contribution >= 4 is 35.1 Å². The number of carbonyl (C=O) groups is 2. The fourth-order valence-electron chi connectivity index (χ4n) is 2.78. The highest BCUT2D eigenvalue weighted by Crippen LogP contribution is 2.23. The Bertz CT molecular complexity index is 901. The third kappa shape index (κ3) is 6.90. The second-order valence-electron chi connectivity index (χ2n) is 7.21. The maximum absolute atomic E-state index is 12.5. The normalized spacial score (nSPS) is 11.9. The fourth-order valence-corrected chi connectivity index (χ4v) is 3.28. The molecule has 2 N–H and O–H groups in total. The molecule has 0 spiro atoms. The molecule has 1 unspecified atom stereocenters. The average molecular weight is 454 g/mol. The number of hydrogen-bond acceptors (Lipinski definition) is 4. The highest BCUT2D eigenvalue weighted by Gasteiger charge is 2.20. The van der Waals surface area contributed by atoms with E-state index >= 15 is 0 Å². The first-order chi connectivity index (χ1) is 14.2. The van der Waals surface area contributed by atoms with Crippen LogP contribution >= 0.6 is 23.2 Å². The van der Waals surface area contributed by atoms with E-state index in [-0.39, 0.29) is 29.8 Å². The van der Waals surface area contributed by atoms with Gasteiger partial charge < -0.3 is 19.9 Å². The van der Waals surface area contributed by atoms with Gasteiger partial charge in [-0.1, -0.05) is 49.2 Å². The lowest BCUT2D eigenvalue weighted by Crippen LogP contribution is -2.28. The quantitative estimate of drug-likeness (QED) is 0.548. The van der Waals surface area contributed by atoms with Gasteiger partial charge in [0.15, 0.2) is 6.10 Å². The summed E-state index contributed by atoms with van der Waals surface area (Å²) in [5.41, 5.74) is 1.78. The predicted molar refractivity (Wildman–Crippen MR) is 117 cm³/mol. The summed E-state index contributed by atoms with van der Waals surface area (Å²) in [5.74, 6) is -0.559. The number of methoxy groups -OCH3 is 1. The summed E-state index contributed by atoms with van der Waals surface area (Å²) in [7, 11) is 1.53. The first-order valence-corrected chi connectivity index (χ1v) is 10.2. The van der Waals surface area contributed by atoms with Crippen LogP contribution in [0.25, 0.3) is 0 Å². The van der Waals surface area contributed by atoms with Gasteiger partial charge in [-0.05, 0) is 35.7 Å². The molecular weight excluding hydrogens is 429 g/mol. The molecule has 0 radical (unpaired) electrons. The Labute approximate surface area is 186 Å². The Morgan fingerprint density at radius 3 is 2.47 bits per heavy atom. The van der Waals surface area contributed by atoms with E-state index in [0.29, 0.717) is 28.5 Å². The molecule has 1 atom stereocenters. The first-order valence-electron chi connectivity index (χ1n) is 9.44. The lowest BCUT2D eigenvalue weighted by molar-refractivity contribution is -0.150. The van der Waals surface area contributed by atoms with Crippen molar-refractivity contribution in [2.24, 2.45) is 5.92 Å². The van der Waals surface area contributed by atoms with Crippen LogP contribution in [0.2, 0.25) is 10.0 Å². The van der Waals surface area contributed by atoms with Gasteiger partial charge in [0.2, 0.25) is 0 Å². The zero-order valence-electron chi connectivity index (χ0n) is 17.1. The number of hydrogen-bond donors (Lipinski definition) is 2. The van der Waals surface area contributed by atoms with Gasteiger partial charge >= 0.3 is 5.97 Å². The molecule has 0 heterocycles. The summed E-state index contributed by atoms with van der Waals surface area (Å²) in [4.78, 5) is 24.0. The molecule has 2 aromatic rings. The van der Waals surface area contributed by atoms with Crippen molar-refractivity contribution in [3.63, 3.8) is 0 Å². The number of nitrogens with one attached hydrogen (secondary N) is 1. The van der Waals surface area contributed by atoms with Crippen molar-refractivity contribution in [3.05, 3.63) is 63.1 Å². The van der Waals surface area contributed by atoms with E-state index in [1.54, 1.807) is 30.3 Å². The standard InChI is InChI=1S/C22H25Cl2NO5/c1-13(2)12-30-20(22(27)28)9-14-4-7-19(29-3)15(8-14)11-25-21(26)17-6-5-16(23)10-18(17)24/h4-8,10,13,20H,9,11-12H2,1-3H3,(H,25,26)(H,27,28). The van der Waals surface area contributed by atoms with Gasteiger partial charge in [-0.15, -0.1) is 0 Å². The Balaban J connectivity index is 2.13. The molecular formula is C22H25Cl2NO5. The summed E-state index contributed by atoms with van der Waals surface area (Å²) in [5, 5.41) is 12.9. The largest absolute Gasteiger partial charge is 0.496 e. The van der Waals surface area contributed by atoms with Crippen molar-refractivity contribution in [2.75, 3.05) is 13.7 Å². The van der Waals surface area contributed by atoms with E-state index in [4.69, 9.17) is 32.7 Å². The molecule has 0 bridgehead atoms. The Morgan fingerprint density at radius 1 is 1.13 bits per heavy atom. The number of rotatable bonds is 10. The summed E-state index contributed by atoms with van der Waals surface area (Å²) in [6.45, 7) is 4.46. The summed E-state index contributed by atoms with van der Waals surface area (Å²) in [6.07, 6.45) is -0.744. The topological polar surface area (TPSA) is 84.9 Å². The maximum Gasteiger partial charge on any atom is 0.333 e. The molecule has 8 heteroatoms. The van der Waals surface area contributed by atoms with Crippen LogP contribution in [-0.2, 0) is 22.5 Å². The average Bonchev–Trinajstić information content (AvgIpc) is 2.69. The molecule has 6 nitrogen and oxygen atoms in total. The van der Waals surface area contributed by atoms with Crippen LogP contribution in [0.15, 0.2) is 36.4 Å². The van der Waals surface area contributed by atoms with E-state index in [1.165, 1.54) is 13.2 Å². The molecule has 0 saturated carbocycles. The number of carboxylic acids is 1. The minimum atomic E-state index is -1.02. The molecule has 0 aliphatic heterocycles. The van der Waals surface area contributed by atoms with Crippen LogP contribution in [0.3, 0.4) is 0 Å². The van der Waals surface area contributed by atoms with Crippen molar-refractivity contribution in [1.29, 1.82) is 0 Å². The van der Waals surface area contributed by atoms with E-state index in [1.807, 2.05) is 13.8 Å². The van der Waals surface area contributed by atoms with Crippen LogP contribution in [-0.4, -0.2) is 36.8 Å². The zero-order valence-corrected chi connectivity index (χ0v) is 18.6. The molecule has 0 saturated heterocycles. The maximum atomic E-state index is 12.5. The summed E-state index contributed by atoms with van der Waals surface area (Å²) < 4.78 is 10.9. The Hall–Kier alpha value is -2.28. The molecule has 0 fully saturated rings. The molecule has 0 aliphatic carbocycles. The minimum Gasteiger partial charge on any atom is -0.496 e. The predicted octanol–water partition coefficient (Wildman–Crippen LogP) is 4.60. The van der Waals surface area contributed by atoms with Gasteiger partial charge in [-0.2, -0.15) is 0 Å². The number of benzene rings is 2. The number of aliphatic carboxylic acids is 1. The fraction of sp³-hybridized carbons (Fsp3) is 0.364. The van der Waals surface area contributed by atoms with Crippen LogP contribution < -0.4 is 10.1 Å². The van der Waals surface area contributed by atoms with E-state index < -0.39 is 12.1 Å². The summed E-state index contributed by atoms with van der Waals surface area (Å²) in [6, 6.07) is 9.98. The SMILES string of the molecule is COc1ccc(CC(OCC(C)C)C(=O)O)cc1CNC(=O)c1ccc(Cl)cc1Cl. The van der Waals surface area contributed by atoms with Crippen molar-refractivity contribution in [3.8, 4) is 5.75 Å². The lowest BCUT2D eigenvalue weighted by atomic mass is 10.0. The molecule has 2 rings (SSSR count). The molecule has 1 amide bonds. The van der Waals surface area contributed by atoms with Crippen LogP contribution in [0, 0.1) is 5.92 Å². The monoisotopic (exact) mass is 453 g/mol. The number of carbonyl (C=O) groups excluding carboxylic acids is 1. The molecule has 0 aromatic heterocycles. The Kier molecular flexibility index (Phi) is 8.96. The molecule has 30 heavy (non-hydrogen) atoms. The van der Waals surface area contributed by atoms with E-state index in [9.17, 15) is 14.7 Å². The minimum absolute atomic E-state index is 0.180. The number of amides is 1. The molecule has 2 aromatic carbocycles. The van der Waals surface area contributed by atoms with Crippen molar-refractivity contribution in [2.45, 2.75) is 32.9 Å². The highest BCUT2D eigenvalue weighted by atomic mass is 35.5. The van der Waals surface area contributed by atoms with Crippen LogP contribution in [0.5, 0.6) is 5.75 Å². The number of ether oxygens (including phenoxy) is 2. The van der Waals surface area contributed by atoms with Gasteiger partial charge in [-0.25, -0.2) is 4.79 Å². The van der Waals surface area contributed by atoms with E-state index in [2.05, 4.69) is 5.32 Å². The smallest absolute Gasteiger partial charge is 0.333 e. The second kappa shape index (κ2) is 11.2. The lowest BCUT2D eigenvalue weighted by Gasteiger charge is -2.17. The first kappa shape index (κ1) is 24.0. The molecule has 0 aliphatic rings. The van der Waals surface area contributed by atoms with E-state index in [0.717, 1.165) is 5.56 Å². The van der Waals surface area contributed by atoms with Gasteiger partial charge in [0.05, 0.1) is 24.3 Å². The second-order valence-corrected chi connectivity index (χ2v) is 8.05. The Morgan fingerprint density at radius 2 is 1.87 bits per heavy atom. The zero-order chi connectivity index (χ0) is 22.3. The summed E-state index contributed by atoms with van der Waals surface area (Å²) >= 11 is 12.0. The van der Waals surface area contributed by atoms with Crippen molar-refractivity contribution in [1.82, 2.24) is 5.32 Å². The van der Waals surface area contributed by atoms with Gasteiger partial charge in [0.1, 0.15) is 5.75 Å². The third-order valence-electron chi connectivity index (χ3n) is 4.29. The third-order valence-corrected chi connectivity index (χ3v) is 4.84. The number of carboxylic acid groups (broad SMARTS) is 1. The number of halogens is 2. The van der Waals surface area contributed by atoms with Crippen LogP contribution in [0.1, 0.15) is 35.3 Å². The van der Waals surface area contributed by atoms with Gasteiger partial charge in [0.25, 0.3) is 5.91 Å².